The van der Waals surface area contributed by atoms with Crippen molar-refractivity contribution >= 4 is 98.8 Å². The van der Waals surface area contributed by atoms with E-state index in [1.165, 1.54) is 127 Å². The lowest BCUT2D eigenvalue weighted by Crippen LogP contribution is -2.09. The van der Waals surface area contributed by atoms with E-state index in [9.17, 15) is 9.59 Å². The van der Waals surface area contributed by atoms with Crippen LogP contribution in [0.25, 0.3) is 87.2 Å². The number of rotatable bonds is 27. The number of para-hydroxylation sites is 8. The molecule has 0 aliphatic rings. The van der Waals surface area contributed by atoms with Crippen LogP contribution in [0.1, 0.15) is 165 Å². The second-order valence-corrected chi connectivity index (χ2v) is 23.6. The fraction of sp³-hybridized carbons (Fsp3) is 0.325. The summed E-state index contributed by atoms with van der Waals surface area (Å²) in [5, 5.41) is 8.74. The van der Waals surface area contributed by atoms with Crippen molar-refractivity contribution in [3.63, 3.8) is 0 Å². The molecule has 6 heteroatoms. The maximum atomic E-state index is 13.5. The third kappa shape index (κ3) is 16.0. The fourth-order valence-corrected chi connectivity index (χ4v) is 12.7. The highest BCUT2D eigenvalue weighted by atomic mass is 16.1. The van der Waals surface area contributed by atoms with E-state index in [-0.39, 0.29) is 11.6 Å². The summed E-state index contributed by atoms with van der Waals surface area (Å²) in [6.45, 7) is 4.59. The average molecular weight is 1140 g/mol. The molecule has 0 atom stereocenters. The highest BCUT2D eigenvalue weighted by Gasteiger charge is 2.18. The fourth-order valence-electron chi connectivity index (χ4n) is 12.7. The highest BCUT2D eigenvalue weighted by molar-refractivity contribution is 6.05. The van der Waals surface area contributed by atoms with Gasteiger partial charge in [-0.15, -0.1) is 0 Å². The van der Waals surface area contributed by atoms with Gasteiger partial charge in [0.25, 0.3) is 0 Å². The lowest BCUT2D eigenvalue weighted by Gasteiger charge is -2.13. The Morgan fingerprint density at radius 2 is 0.430 bits per heavy atom. The number of unbranched alkanes of at least 4 members (excludes halogenated alkanes) is 17. The predicted octanol–water partition coefficient (Wildman–Crippen LogP) is 21.7. The Balaban J connectivity index is 0.000000149. The average Bonchev–Trinajstić information content (AvgIpc) is 1.72. The van der Waals surface area contributed by atoms with E-state index >= 15 is 0 Å². The first kappa shape index (κ1) is 60.9. The maximum absolute atomic E-state index is 13.5. The third-order valence-electron chi connectivity index (χ3n) is 17.3. The molecule has 0 aliphatic carbocycles. The Kier molecular flexibility index (Phi) is 22.5. The molecule has 438 valence electrons. The first-order valence-electron chi connectivity index (χ1n) is 32.6. The van der Waals surface area contributed by atoms with Gasteiger partial charge in [0.1, 0.15) is 11.6 Å². The number of carbonyl (C=O) groups excluding carboxylic acids is 2. The Hall–Kier alpha value is -8.22. The van der Waals surface area contributed by atoms with Gasteiger partial charge in [0.05, 0.1) is 44.1 Å². The van der Waals surface area contributed by atoms with Crippen LogP contribution >= 0.6 is 0 Å². The summed E-state index contributed by atoms with van der Waals surface area (Å²) in [5.41, 5.74) is 12.2. The van der Waals surface area contributed by atoms with Crippen molar-refractivity contribution in [3.8, 4) is 0 Å². The summed E-state index contributed by atoms with van der Waals surface area (Å²) in [6.07, 6.45) is 29.6. The summed E-state index contributed by atoms with van der Waals surface area (Å²) in [7, 11) is 0. The van der Waals surface area contributed by atoms with Gasteiger partial charge in [-0.2, -0.15) is 0 Å². The summed E-state index contributed by atoms with van der Waals surface area (Å²) in [6, 6.07) is 65.2. The van der Waals surface area contributed by atoms with Crippen molar-refractivity contribution in [2.75, 3.05) is 0 Å². The van der Waals surface area contributed by atoms with Gasteiger partial charge in [0.2, 0.25) is 0 Å². The molecule has 12 aromatic rings. The van der Waals surface area contributed by atoms with Crippen LogP contribution < -0.4 is 0 Å². The second kappa shape index (κ2) is 31.8. The van der Waals surface area contributed by atoms with Crippen LogP contribution in [0.2, 0.25) is 0 Å². The first-order valence-corrected chi connectivity index (χ1v) is 32.6. The van der Waals surface area contributed by atoms with Crippen LogP contribution in [-0.4, -0.2) is 31.5 Å². The van der Waals surface area contributed by atoms with E-state index in [0.717, 1.165) is 111 Å². The number of aromatic nitrogens is 4. The number of hydrogen-bond donors (Lipinski definition) is 0. The highest BCUT2D eigenvalue weighted by Crippen LogP contribution is 2.32. The zero-order valence-electron chi connectivity index (χ0n) is 51.1. The first-order chi connectivity index (χ1) is 42.5. The van der Waals surface area contributed by atoms with Gasteiger partial charge >= 0.3 is 0 Å². The maximum Gasteiger partial charge on any atom is 0.141 e. The summed E-state index contributed by atoms with van der Waals surface area (Å²) in [5.74, 6) is 0.475. The molecule has 6 nitrogen and oxygen atoms in total. The standard InChI is InChI=1S/C31H24N2O.C29H20N2O.C20H42/c34-21(17-19-22-24-9-1-5-13-28(24)32-29-14-6-2-10-25(22)29)18-20-23-26-11-3-7-15-30(26)33-31-16-8-4-12-27(23)31;32-19(17-24-20-9-1-5-13-26(20)30-27-14-6-2-10-21(24)27)18-25-22-11-3-7-15-28(22)31-29-16-8-4-12-23(25)29;1-3-5-7-9-11-13-15-17-19-20-18-16-14-12-10-8-6-4-2/h1-16H,17-20H2;1-16H,17-18H2;3-20H2,1-2H3. The van der Waals surface area contributed by atoms with Crippen molar-refractivity contribution in [1.82, 2.24) is 19.9 Å². The monoisotopic (exact) mass is 1130 g/mol. The molecule has 0 saturated heterocycles. The van der Waals surface area contributed by atoms with Crippen molar-refractivity contribution in [2.24, 2.45) is 0 Å². The topological polar surface area (TPSA) is 85.7 Å². The van der Waals surface area contributed by atoms with Crippen molar-refractivity contribution in [3.05, 3.63) is 216 Å². The lowest BCUT2D eigenvalue weighted by atomic mass is 9.93. The Morgan fingerprint density at radius 3 is 0.640 bits per heavy atom. The lowest BCUT2D eigenvalue weighted by molar-refractivity contribution is -0.119. The summed E-state index contributed by atoms with van der Waals surface area (Å²) in [4.78, 5) is 45.8. The molecule has 8 aromatic carbocycles. The SMILES string of the molecule is CCCCCCCCCCCCCCCCCCCC.O=C(CCc1c2ccccc2nc2ccccc12)CCc1c2ccccc2nc2ccccc12.O=C(Cc1c2ccccc2nc2ccccc12)Cc1c2ccccc2nc2ccccc12. The number of aryl methyl sites for hydroxylation is 2. The van der Waals surface area contributed by atoms with Crippen molar-refractivity contribution < 1.29 is 9.59 Å². The van der Waals surface area contributed by atoms with Crippen molar-refractivity contribution in [1.29, 1.82) is 0 Å². The number of nitrogens with zero attached hydrogens (tertiary/aromatic N) is 4. The zero-order chi connectivity index (χ0) is 59.1. The number of pyridine rings is 4. The zero-order valence-corrected chi connectivity index (χ0v) is 51.1. The van der Waals surface area contributed by atoms with Gasteiger partial charge in [0, 0.05) is 68.8 Å². The van der Waals surface area contributed by atoms with E-state index < -0.39 is 0 Å². The van der Waals surface area contributed by atoms with Crippen LogP contribution in [-0.2, 0) is 35.3 Å². The molecule has 0 N–H and O–H groups in total. The van der Waals surface area contributed by atoms with Crippen LogP contribution in [0, 0.1) is 0 Å². The van der Waals surface area contributed by atoms with Gasteiger partial charge in [-0.25, -0.2) is 19.9 Å². The summed E-state index contributed by atoms with van der Waals surface area (Å²) >= 11 is 0. The molecule has 0 saturated carbocycles. The van der Waals surface area contributed by atoms with Crippen LogP contribution in [0.4, 0.5) is 0 Å². The largest absolute Gasteiger partial charge is 0.300 e. The molecule has 4 aromatic heterocycles. The quantitative estimate of drug-likeness (QED) is 0.0377. The van der Waals surface area contributed by atoms with Gasteiger partial charge < -0.3 is 0 Å². The Morgan fingerprint density at radius 1 is 0.244 bits per heavy atom. The van der Waals surface area contributed by atoms with Gasteiger partial charge in [0.15, 0.2) is 0 Å². The van der Waals surface area contributed by atoms with Gasteiger partial charge in [-0.3, -0.25) is 9.59 Å². The molecule has 0 fully saturated rings. The minimum absolute atomic E-state index is 0.188. The molecule has 0 spiro atoms. The molecular formula is C80H86N4O2. The normalized spacial score (nSPS) is 11.4. The van der Waals surface area contributed by atoms with E-state index in [4.69, 9.17) is 19.9 Å². The molecule has 4 heterocycles. The second-order valence-electron chi connectivity index (χ2n) is 23.6. The molecule has 0 amide bonds. The van der Waals surface area contributed by atoms with Gasteiger partial charge in [-0.1, -0.05) is 275 Å². The smallest absolute Gasteiger partial charge is 0.141 e. The van der Waals surface area contributed by atoms with Gasteiger partial charge in [-0.05, 0) is 83.6 Å². The number of fused-ring (bicyclic) bond motifs is 8. The Bertz CT molecular complexity index is 3700. The number of carbonyl (C=O) groups is 2. The number of hydrogen-bond acceptors (Lipinski definition) is 6. The number of benzene rings is 8. The number of ketones is 2. The van der Waals surface area contributed by atoms with E-state index in [1.54, 1.807) is 0 Å². The number of Topliss-reactive ketones (excluding diaryl/α,β-unsaturated/α-hetero) is 2. The van der Waals surface area contributed by atoms with Crippen LogP contribution in [0.15, 0.2) is 194 Å². The van der Waals surface area contributed by atoms with Crippen LogP contribution in [0.5, 0.6) is 0 Å². The molecule has 0 unspecified atom stereocenters. The third-order valence-corrected chi connectivity index (χ3v) is 17.3. The minimum Gasteiger partial charge on any atom is -0.300 e. The predicted molar refractivity (Wildman–Crippen MR) is 366 cm³/mol. The van der Waals surface area contributed by atoms with E-state index in [1.807, 2.05) is 146 Å². The van der Waals surface area contributed by atoms with Crippen molar-refractivity contribution in [2.45, 2.75) is 168 Å². The molecule has 0 aliphatic heterocycles. The Labute approximate surface area is 509 Å². The molecule has 0 radical (unpaired) electrons. The minimum atomic E-state index is 0.188. The molecule has 0 bridgehead atoms. The molecule has 86 heavy (non-hydrogen) atoms. The molecule has 12 rings (SSSR count). The van der Waals surface area contributed by atoms with E-state index in [2.05, 4.69) is 62.4 Å². The van der Waals surface area contributed by atoms with Crippen LogP contribution in [0.3, 0.4) is 0 Å². The molecular weight excluding hydrogens is 1050 g/mol. The summed E-state index contributed by atoms with van der Waals surface area (Å²) < 4.78 is 0. The van der Waals surface area contributed by atoms with E-state index in [0.29, 0.717) is 25.7 Å².